The van der Waals surface area contributed by atoms with E-state index in [4.69, 9.17) is 0 Å². The van der Waals surface area contributed by atoms with Crippen LogP contribution in [0, 0.1) is 5.82 Å². The number of halogens is 1. The highest BCUT2D eigenvalue weighted by Gasteiger charge is 2.21. The van der Waals surface area contributed by atoms with E-state index >= 15 is 0 Å². The zero-order chi connectivity index (χ0) is 17.9. The normalized spacial score (nSPS) is 15.3. The molecule has 4 rings (SSSR count). The molecule has 0 unspecified atom stereocenters. The minimum absolute atomic E-state index is 0.187. The van der Waals surface area contributed by atoms with Gasteiger partial charge < -0.3 is 10.2 Å². The molecule has 1 aliphatic heterocycles. The number of nitrogens with zero attached hydrogens (tertiary/aromatic N) is 3. The van der Waals surface area contributed by atoms with Gasteiger partial charge in [0.05, 0.1) is 28.1 Å². The van der Waals surface area contributed by atoms with Crippen molar-refractivity contribution in [3.05, 3.63) is 53.8 Å². The van der Waals surface area contributed by atoms with E-state index in [1.807, 2.05) is 12.3 Å². The maximum Gasteiger partial charge on any atom is 0.238 e. The number of nitrogens with one attached hydrogen (secondary N) is 1. The van der Waals surface area contributed by atoms with Crippen molar-refractivity contribution in [1.29, 1.82) is 0 Å². The number of pyridine rings is 1. The van der Waals surface area contributed by atoms with Crippen LogP contribution in [0.1, 0.15) is 0 Å². The first-order valence-corrected chi connectivity index (χ1v) is 9.42. The molecule has 0 atom stereocenters. The molecule has 0 spiro atoms. The third kappa shape index (κ3) is 3.54. The van der Waals surface area contributed by atoms with E-state index in [2.05, 4.69) is 31.5 Å². The van der Waals surface area contributed by atoms with Crippen molar-refractivity contribution in [3.63, 3.8) is 0 Å². The summed E-state index contributed by atoms with van der Waals surface area (Å²) in [6.45, 7) is 3.56. The van der Waals surface area contributed by atoms with Crippen molar-refractivity contribution in [3.8, 4) is 0 Å². The Bertz CT molecular complexity index is 921. The van der Waals surface area contributed by atoms with Gasteiger partial charge in [0.15, 0.2) is 0 Å². The van der Waals surface area contributed by atoms with E-state index in [0.717, 1.165) is 31.7 Å². The first kappa shape index (κ1) is 16.9. The lowest BCUT2D eigenvalue weighted by Gasteiger charge is -2.35. The van der Waals surface area contributed by atoms with Crippen molar-refractivity contribution >= 4 is 38.8 Å². The summed E-state index contributed by atoms with van der Waals surface area (Å²) in [5.74, 6) is -0.601. The molecule has 0 radical (unpaired) electrons. The first-order valence-electron chi connectivity index (χ1n) is 8.54. The number of carbonyl (C=O) groups excluding carboxylic acids is 1. The van der Waals surface area contributed by atoms with Gasteiger partial charge in [0.25, 0.3) is 0 Å². The Morgan fingerprint density at radius 2 is 1.96 bits per heavy atom. The molecule has 0 bridgehead atoms. The molecule has 1 aliphatic rings. The van der Waals surface area contributed by atoms with E-state index in [1.165, 1.54) is 16.5 Å². The Hall–Kier alpha value is -2.51. The largest absolute Gasteiger partial charge is 0.368 e. The van der Waals surface area contributed by atoms with Crippen molar-refractivity contribution < 1.29 is 9.18 Å². The van der Waals surface area contributed by atoms with Gasteiger partial charge in [-0.05, 0) is 29.6 Å². The van der Waals surface area contributed by atoms with Crippen LogP contribution in [0.2, 0.25) is 0 Å². The average Bonchev–Trinajstić information content (AvgIpc) is 3.13. The number of hydrogen-bond acceptors (Lipinski definition) is 5. The molecule has 0 saturated carbocycles. The van der Waals surface area contributed by atoms with Crippen LogP contribution in [-0.2, 0) is 4.79 Å². The molecule has 7 heteroatoms. The van der Waals surface area contributed by atoms with E-state index in [1.54, 1.807) is 29.5 Å². The van der Waals surface area contributed by atoms with Crippen LogP contribution in [0.25, 0.3) is 10.2 Å². The Kier molecular flexibility index (Phi) is 4.81. The third-order valence-corrected chi connectivity index (χ3v) is 5.48. The van der Waals surface area contributed by atoms with Crippen LogP contribution in [0.5, 0.6) is 0 Å². The van der Waals surface area contributed by atoms with Crippen LogP contribution in [0.4, 0.5) is 15.8 Å². The van der Waals surface area contributed by atoms with E-state index in [-0.39, 0.29) is 18.1 Å². The molecule has 2 aromatic heterocycles. The standard InChI is InChI=1S/C19H19FN4OS/c20-14-3-1-2-4-15(14)22-18(25)13-23-8-10-24(11-9-23)17-5-7-21-16-6-12-26-19(16)17/h1-7,12H,8-11,13H2,(H,22,25). The van der Waals surface area contributed by atoms with E-state index < -0.39 is 5.82 Å². The average molecular weight is 370 g/mol. The molecular weight excluding hydrogens is 351 g/mol. The summed E-state index contributed by atoms with van der Waals surface area (Å²) in [4.78, 5) is 21.0. The van der Waals surface area contributed by atoms with Gasteiger partial charge in [-0.2, -0.15) is 0 Å². The van der Waals surface area contributed by atoms with Crippen molar-refractivity contribution in [1.82, 2.24) is 9.88 Å². The predicted molar refractivity (Wildman–Crippen MR) is 103 cm³/mol. The summed E-state index contributed by atoms with van der Waals surface area (Å²) in [6, 6.07) is 10.3. The maximum atomic E-state index is 13.6. The van der Waals surface area contributed by atoms with Crippen molar-refractivity contribution in [2.24, 2.45) is 0 Å². The molecule has 3 heterocycles. The van der Waals surface area contributed by atoms with Crippen LogP contribution in [0.15, 0.2) is 48.0 Å². The second kappa shape index (κ2) is 7.39. The van der Waals surface area contributed by atoms with Crippen molar-refractivity contribution in [2.75, 3.05) is 42.9 Å². The van der Waals surface area contributed by atoms with Crippen LogP contribution < -0.4 is 10.2 Å². The zero-order valence-corrected chi connectivity index (χ0v) is 15.0. The summed E-state index contributed by atoms with van der Waals surface area (Å²) in [5, 5.41) is 4.71. The molecule has 0 aliphatic carbocycles. The number of rotatable bonds is 4. The molecule has 1 amide bonds. The number of fused-ring (bicyclic) bond motifs is 1. The number of para-hydroxylation sites is 1. The molecule has 1 aromatic carbocycles. The van der Waals surface area contributed by atoms with Gasteiger partial charge in [-0.3, -0.25) is 14.7 Å². The highest BCUT2D eigenvalue weighted by molar-refractivity contribution is 7.17. The van der Waals surface area contributed by atoms with Gasteiger partial charge in [-0.15, -0.1) is 11.3 Å². The number of hydrogen-bond donors (Lipinski definition) is 1. The lowest BCUT2D eigenvalue weighted by atomic mass is 10.2. The van der Waals surface area contributed by atoms with Crippen LogP contribution in [-0.4, -0.2) is 48.5 Å². The second-order valence-corrected chi connectivity index (χ2v) is 7.17. The molecule has 1 fully saturated rings. The number of benzene rings is 1. The van der Waals surface area contributed by atoms with E-state index in [9.17, 15) is 9.18 Å². The van der Waals surface area contributed by atoms with E-state index in [0.29, 0.717) is 0 Å². The molecule has 26 heavy (non-hydrogen) atoms. The SMILES string of the molecule is O=C(CN1CCN(c2ccnc3ccsc23)CC1)Nc1ccccc1F. The van der Waals surface area contributed by atoms with Crippen LogP contribution in [0.3, 0.4) is 0 Å². The Labute approximate surface area is 155 Å². The second-order valence-electron chi connectivity index (χ2n) is 6.26. The molecule has 1 N–H and O–H groups in total. The fraction of sp³-hybridized carbons (Fsp3) is 0.263. The number of carbonyl (C=O) groups is 1. The Balaban J connectivity index is 1.34. The summed E-state index contributed by atoms with van der Waals surface area (Å²) in [7, 11) is 0. The number of aromatic nitrogens is 1. The fourth-order valence-electron chi connectivity index (χ4n) is 3.21. The molecule has 1 saturated heterocycles. The molecule has 3 aromatic rings. The van der Waals surface area contributed by atoms with Gasteiger partial charge in [0, 0.05) is 32.4 Å². The lowest BCUT2D eigenvalue weighted by Crippen LogP contribution is -2.48. The predicted octanol–water partition coefficient (Wildman–Crippen LogP) is 3.20. The summed E-state index contributed by atoms with van der Waals surface area (Å²) >= 11 is 1.70. The summed E-state index contributed by atoms with van der Waals surface area (Å²) in [5.41, 5.74) is 2.47. The number of thiophene rings is 1. The molecular formula is C19H19FN4OS. The monoisotopic (exact) mass is 370 g/mol. The topological polar surface area (TPSA) is 48.5 Å². The molecule has 5 nitrogen and oxygen atoms in total. The number of anilines is 2. The van der Waals surface area contributed by atoms with Gasteiger partial charge in [0.2, 0.25) is 5.91 Å². The zero-order valence-electron chi connectivity index (χ0n) is 14.2. The number of piperazine rings is 1. The van der Waals surface area contributed by atoms with Gasteiger partial charge in [-0.1, -0.05) is 12.1 Å². The highest BCUT2D eigenvalue weighted by atomic mass is 32.1. The summed E-state index contributed by atoms with van der Waals surface area (Å²) in [6.07, 6.45) is 1.85. The maximum absolute atomic E-state index is 13.6. The summed E-state index contributed by atoms with van der Waals surface area (Å²) < 4.78 is 14.8. The smallest absolute Gasteiger partial charge is 0.238 e. The van der Waals surface area contributed by atoms with Gasteiger partial charge in [-0.25, -0.2) is 4.39 Å². The lowest BCUT2D eigenvalue weighted by molar-refractivity contribution is -0.117. The minimum atomic E-state index is -0.414. The fourth-order valence-corrected chi connectivity index (χ4v) is 4.10. The quantitative estimate of drug-likeness (QED) is 0.766. The Morgan fingerprint density at radius 1 is 1.15 bits per heavy atom. The third-order valence-electron chi connectivity index (χ3n) is 4.55. The first-order chi connectivity index (χ1) is 12.7. The van der Waals surface area contributed by atoms with Crippen LogP contribution >= 0.6 is 11.3 Å². The van der Waals surface area contributed by atoms with Gasteiger partial charge in [0.1, 0.15) is 5.82 Å². The molecule has 134 valence electrons. The van der Waals surface area contributed by atoms with Gasteiger partial charge >= 0.3 is 0 Å². The Morgan fingerprint density at radius 3 is 2.77 bits per heavy atom. The van der Waals surface area contributed by atoms with Crippen molar-refractivity contribution in [2.45, 2.75) is 0 Å². The number of amides is 1. The highest BCUT2D eigenvalue weighted by Crippen LogP contribution is 2.30. The minimum Gasteiger partial charge on any atom is -0.368 e.